The molecule has 0 aliphatic heterocycles. The van der Waals surface area contributed by atoms with E-state index in [4.69, 9.17) is 9.47 Å². The molecule has 5 heteroatoms. The second-order valence-electron chi connectivity index (χ2n) is 7.55. The molecule has 0 radical (unpaired) electrons. The molecule has 170 valence electrons. The first-order valence-electron chi connectivity index (χ1n) is 10.9. The molecule has 0 aliphatic carbocycles. The van der Waals surface area contributed by atoms with Gasteiger partial charge in [0.05, 0.1) is 19.3 Å². The molecule has 0 aromatic heterocycles. The summed E-state index contributed by atoms with van der Waals surface area (Å²) in [4.78, 5) is 27.7. The SMILES string of the molecule is C=CCC(C(=O)OC)(c1ccccc1)N(Cc1ccccc1)c1ccc(C(=O)OCC)cc1. The summed E-state index contributed by atoms with van der Waals surface area (Å²) in [6.45, 7) is 6.45. The highest BCUT2D eigenvalue weighted by Crippen LogP contribution is 2.39. The third kappa shape index (κ3) is 5.14. The second kappa shape index (κ2) is 11.1. The first-order chi connectivity index (χ1) is 16.1. The number of ether oxygens (including phenoxy) is 2. The van der Waals surface area contributed by atoms with Crippen molar-refractivity contribution in [1.29, 1.82) is 0 Å². The molecule has 0 aliphatic rings. The zero-order valence-electron chi connectivity index (χ0n) is 19.1. The van der Waals surface area contributed by atoms with Crippen LogP contribution >= 0.6 is 0 Å². The van der Waals surface area contributed by atoms with Gasteiger partial charge in [0.15, 0.2) is 5.54 Å². The Kier molecular flexibility index (Phi) is 8.03. The van der Waals surface area contributed by atoms with E-state index in [0.29, 0.717) is 25.1 Å². The van der Waals surface area contributed by atoms with Crippen molar-refractivity contribution in [2.24, 2.45) is 0 Å². The van der Waals surface area contributed by atoms with E-state index in [1.807, 2.05) is 77.7 Å². The summed E-state index contributed by atoms with van der Waals surface area (Å²) in [6.07, 6.45) is 2.06. The minimum atomic E-state index is -1.15. The molecule has 0 spiro atoms. The number of carbonyl (C=O) groups is 2. The van der Waals surface area contributed by atoms with Crippen LogP contribution in [0.3, 0.4) is 0 Å². The Morgan fingerprint density at radius 3 is 2.09 bits per heavy atom. The predicted molar refractivity (Wildman–Crippen MR) is 130 cm³/mol. The van der Waals surface area contributed by atoms with Crippen LogP contribution in [0.2, 0.25) is 0 Å². The molecule has 0 saturated carbocycles. The molecular weight excluding hydrogens is 414 g/mol. The lowest BCUT2D eigenvalue weighted by atomic mass is 9.83. The van der Waals surface area contributed by atoms with Crippen LogP contribution in [0.15, 0.2) is 97.6 Å². The van der Waals surface area contributed by atoms with Gasteiger partial charge in [-0.05, 0) is 42.3 Å². The van der Waals surface area contributed by atoms with E-state index in [9.17, 15) is 9.59 Å². The van der Waals surface area contributed by atoms with Crippen LogP contribution in [-0.4, -0.2) is 25.7 Å². The monoisotopic (exact) mass is 443 g/mol. The van der Waals surface area contributed by atoms with Gasteiger partial charge in [0.25, 0.3) is 0 Å². The van der Waals surface area contributed by atoms with Crippen molar-refractivity contribution in [2.45, 2.75) is 25.4 Å². The smallest absolute Gasteiger partial charge is 0.338 e. The largest absolute Gasteiger partial charge is 0.467 e. The van der Waals surface area contributed by atoms with Crippen molar-refractivity contribution >= 4 is 17.6 Å². The van der Waals surface area contributed by atoms with Crippen molar-refractivity contribution in [1.82, 2.24) is 0 Å². The molecule has 3 rings (SSSR count). The van der Waals surface area contributed by atoms with Crippen LogP contribution in [0.5, 0.6) is 0 Å². The summed E-state index contributed by atoms with van der Waals surface area (Å²) in [7, 11) is 1.40. The van der Waals surface area contributed by atoms with Crippen molar-refractivity contribution in [3.05, 3.63) is 114 Å². The standard InChI is InChI=1S/C28H29NO4/c1-4-20-28(27(31)32-3,24-14-10-7-11-15-24)29(21-22-12-8-6-9-13-22)25-18-16-23(17-19-25)26(30)33-5-2/h4,6-19H,1,5,20-21H2,2-3H3. The highest BCUT2D eigenvalue weighted by molar-refractivity contribution is 5.91. The van der Waals surface area contributed by atoms with Gasteiger partial charge in [0.2, 0.25) is 0 Å². The Bertz CT molecular complexity index is 1060. The van der Waals surface area contributed by atoms with E-state index in [-0.39, 0.29) is 11.9 Å². The molecule has 0 fully saturated rings. The Labute approximate surface area is 195 Å². The number of hydrogen-bond donors (Lipinski definition) is 0. The van der Waals surface area contributed by atoms with Crippen LogP contribution in [0, 0.1) is 0 Å². The van der Waals surface area contributed by atoms with E-state index in [1.54, 1.807) is 25.1 Å². The molecule has 0 heterocycles. The minimum absolute atomic E-state index is 0.305. The first kappa shape index (κ1) is 23.8. The third-order valence-corrected chi connectivity index (χ3v) is 5.55. The molecule has 5 nitrogen and oxygen atoms in total. The number of hydrogen-bond acceptors (Lipinski definition) is 5. The highest BCUT2D eigenvalue weighted by Gasteiger charge is 2.46. The van der Waals surface area contributed by atoms with Gasteiger partial charge in [-0.15, -0.1) is 6.58 Å². The third-order valence-electron chi connectivity index (χ3n) is 5.55. The van der Waals surface area contributed by atoms with Crippen molar-refractivity contribution < 1.29 is 19.1 Å². The number of esters is 2. The normalized spacial score (nSPS) is 12.3. The van der Waals surface area contributed by atoms with Crippen molar-refractivity contribution in [3.8, 4) is 0 Å². The average Bonchev–Trinajstić information content (AvgIpc) is 2.87. The van der Waals surface area contributed by atoms with Gasteiger partial charge in [-0.3, -0.25) is 0 Å². The summed E-state index contributed by atoms with van der Waals surface area (Å²) < 4.78 is 10.5. The summed E-state index contributed by atoms with van der Waals surface area (Å²) in [6, 6.07) is 26.6. The van der Waals surface area contributed by atoms with Gasteiger partial charge in [0.1, 0.15) is 0 Å². The Morgan fingerprint density at radius 1 is 0.939 bits per heavy atom. The molecule has 3 aromatic carbocycles. The van der Waals surface area contributed by atoms with E-state index >= 15 is 0 Å². The fourth-order valence-corrected chi connectivity index (χ4v) is 3.99. The maximum absolute atomic E-state index is 13.5. The lowest BCUT2D eigenvalue weighted by molar-refractivity contribution is -0.147. The lowest BCUT2D eigenvalue weighted by Crippen LogP contribution is -2.52. The number of methoxy groups -OCH3 is 1. The van der Waals surface area contributed by atoms with Crippen LogP contribution in [0.25, 0.3) is 0 Å². The fourth-order valence-electron chi connectivity index (χ4n) is 3.99. The van der Waals surface area contributed by atoms with Gasteiger partial charge < -0.3 is 14.4 Å². The molecule has 33 heavy (non-hydrogen) atoms. The topological polar surface area (TPSA) is 55.8 Å². The second-order valence-corrected chi connectivity index (χ2v) is 7.55. The molecule has 1 unspecified atom stereocenters. The molecule has 0 N–H and O–H groups in total. The summed E-state index contributed by atoms with van der Waals surface area (Å²) in [5, 5.41) is 0. The number of nitrogens with zero attached hydrogens (tertiary/aromatic N) is 1. The Morgan fingerprint density at radius 2 is 1.55 bits per heavy atom. The highest BCUT2D eigenvalue weighted by atomic mass is 16.5. The predicted octanol–water partition coefficient (Wildman–Crippen LogP) is 5.51. The van der Waals surface area contributed by atoms with Gasteiger partial charge in [-0.2, -0.15) is 0 Å². The van der Waals surface area contributed by atoms with Gasteiger partial charge >= 0.3 is 11.9 Å². The van der Waals surface area contributed by atoms with E-state index in [0.717, 1.165) is 16.8 Å². The molecule has 1 atom stereocenters. The van der Waals surface area contributed by atoms with Gasteiger partial charge in [0, 0.05) is 18.7 Å². The van der Waals surface area contributed by atoms with Crippen LogP contribution in [0.4, 0.5) is 5.69 Å². The zero-order valence-corrected chi connectivity index (χ0v) is 19.1. The molecule has 0 saturated heterocycles. The van der Waals surface area contributed by atoms with E-state index in [2.05, 4.69) is 6.58 Å². The van der Waals surface area contributed by atoms with Gasteiger partial charge in [-0.25, -0.2) is 9.59 Å². The zero-order chi connectivity index (χ0) is 23.7. The van der Waals surface area contributed by atoms with Crippen molar-refractivity contribution in [3.63, 3.8) is 0 Å². The minimum Gasteiger partial charge on any atom is -0.467 e. The molecule has 0 amide bonds. The quantitative estimate of drug-likeness (QED) is 0.305. The van der Waals surface area contributed by atoms with E-state index < -0.39 is 5.54 Å². The van der Waals surface area contributed by atoms with Crippen molar-refractivity contribution in [2.75, 3.05) is 18.6 Å². The van der Waals surface area contributed by atoms with E-state index in [1.165, 1.54) is 7.11 Å². The Hall–Kier alpha value is -3.86. The summed E-state index contributed by atoms with van der Waals surface area (Å²) in [5.41, 5.74) is 1.89. The van der Waals surface area contributed by atoms with Crippen LogP contribution in [-0.2, 0) is 26.4 Å². The molecular formula is C28H29NO4. The maximum atomic E-state index is 13.5. The fraction of sp³-hybridized carbons (Fsp3) is 0.214. The summed E-state index contributed by atoms with van der Waals surface area (Å²) in [5.74, 6) is -0.772. The van der Waals surface area contributed by atoms with Crippen LogP contribution in [0.1, 0.15) is 34.8 Å². The first-order valence-corrected chi connectivity index (χ1v) is 10.9. The number of anilines is 1. The number of benzene rings is 3. The van der Waals surface area contributed by atoms with Gasteiger partial charge in [-0.1, -0.05) is 66.7 Å². The number of carbonyl (C=O) groups excluding carboxylic acids is 2. The van der Waals surface area contributed by atoms with Crippen LogP contribution < -0.4 is 4.90 Å². The molecule has 0 bridgehead atoms. The average molecular weight is 444 g/mol. The number of rotatable bonds is 10. The molecule has 3 aromatic rings. The maximum Gasteiger partial charge on any atom is 0.338 e. The Balaban J connectivity index is 2.19. The summed E-state index contributed by atoms with van der Waals surface area (Å²) >= 11 is 0. The lowest BCUT2D eigenvalue weighted by Gasteiger charge is -2.43.